The fraction of sp³-hybridized carbons (Fsp3) is 0.273. The number of rotatable bonds is 8. The van der Waals surface area contributed by atoms with E-state index in [-0.39, 0.29) is 30.2 Å². The summed E-state index contributed by atoms with van der Waals surface area (Å²) in [5.74, 6) is 1.64. The van der Waals surface area contributed by atoms with Crippen LogP contribution in [0, 0.1) is 5.92 Å². The van der Waals surface area contributed by atoms with E-state index in [1.807, 2.05) is 18.2 Å². The first-order valence-corrected chi connectivity index (χ1v) is 10.6. The zero-order chi connectivity index (χ0) is 23.7. The number of hydrogen-bond donors (Lipinski definition) is 3. The first-order chi connectivity index (χ1) is 16.6. The number of ether oxygens (including phenoxy) is 1. The predicted molar refractivity (Wildman–Crippen MR) is 121 cm³/mol. The molecule has 12 nitrogen and oxygen atoms in total. The number of hydrogen-bond acceptors (Lipinski definition) is 10. The second kappa shape index (κ2) is 8.90. The number of amides is 1. The summed E-state index contributed by atoms with van der Waals surface area (Å²) in [6.07, 6.45) is 4.90. The lowest BCUT2D eigenvalue weighted by molar-refractivity contribution is -0.117. The van der Waals surface area contributed by atoms with Gasteiger partial charge in [-0.05, 0) is 25.0 Å². The van der Waals surface area contributed by atoms with Gasteiger partial charge in [-0.15, -0.1) is 10.2 Å². The number of carbonyl (C=O) groups is 1. The van der Waals surface area contributed by atoms with Crippen molar-refractivity contribution in [3.63, 3.8) is 0 Å². The maximum absolute atomic E-state index is 12.3. The van der Waals surface area contributed by atoms with Crippen molar-refractivity contribution in [1.82, 2.24) is 29.9 Å². The molecule has 0 bridgehead atoms. The number of aryl methyl sites for hydroxylation is 1. The highest BCUT2D eigenvalue weighted by Crippen LogP contribution is 2.39. The molecule has 1 saturated carbocycles. The summed E-state index contributed by atoms with van der Waals surface area (Å²) in [6.45, 7) is -0.383. The number of methoxy groups -OCH3 is 1. The van der Waals surface area contributed by atoms with Crippen molar-refractivity contribution < 1.29 is 19.1 Å². The van der Waals surface area contributed by atoms with Crippen LogP contribution in [0.1, 0.15) is 18.7 Å². The molecule has 3 N–H and O–H groups in total. The van der Waals surface area contributed by atoms with Crippen molar-refractivity contribution in [3.8, 4) is 28.6 Å². The number of nitrogens with one attached hydrogen (secondary N) is 2. The Bertz CT molecular complexity index is 1340. The van der Waals surface area contributed by atoms with Gasteiger partial charge in [-0.3, -0.25) is 9.48 Å². The zero-order valence-electron chi connectivity index (χ0n) is 18.5. The molecular formula is C22H22N8O4. The third-order valence-corrected chi connectivity index (χ3v) is 5.26. The first kappa shape index (κ1) is 21.5. The van der Waals surface area contributed by atoms with Gasteiger partial charge in [0.2, 0.25) is 11.8 Å². The molecule has 0 spiro atoms. The number of anilines is 3. The van der Waals surface area contributed by atoms with Crippen molar-refractivity contribution in [2.24, 2.45) is 13.0 Å². The van der Waals surface area contributed by atoms with Crippen molar-refractivity contribution in [2.45, 2.75) is 19.4 Å². The van der Waals surface area contributed by atoms with Gasteiger partial charge < -0.3 is 24.9 Å². The molecule has 0 unspecified atom stereocenters. The molecule has 0 aliphatic heterocycles. The molecule has 1 aliphatic carbocycles. The van der Waals surface area contributed by atoms with Gasteiger partial charge in [-0.2, -0.15) is 5.10 Å². The Balaban J connectivity index is 1.55. The van der Waals surface area contributed by atoms with Crippen LogP contribution in [0.3, 0.4) is 0 Å². The van der Waals surface area contributed by atoms with Gasteiger partial charge in [-0.1, -0.05) is 6.07 Å². The Morgan fingerprint density at radius 1 is 1.24 bits per heavy atom. The van der Waals surface area contributed by atoms with Crippen LogP contribution in [-0.2, 0) is 18.4 Å². The van der Waals surface area contributed by atoms with Crippen molar-refractivity contribution in [2.75, 3.05) is 17.7 Å². The number of aromatic nitrogens is 6. The minimum absolute atomic E-state index is 0.0311. The fourth-order valence-electron chi connectivity index (χ4n) is 3.44. The summed E-state index contributed by atoms with van der Waals surface area (Å²) in [6, 6.07) is 7.23. The molecule has 0 saturated heterocycles. The van der Waals surface area contributed by atoms with Gasteiger partial charge in [0.1, 0.15) is 18.8 Å². The number of nitrogens with zero attached hydrogens (tertiary/aromatic N) is 6. The molecule has 0 radical (unpaired) electrons. The lowest BCUT2D eigenvalue weighted by Crippen LogP contribution is -2.14. The van der Waals surface area contributed by atoms with Gasteiger partial charge in [0.25, 0.3) is 5.89 Å². The van der Waals surface area contributed by atoms with Crippen LogP contribution in [0.25, 0.3) is 22.8 Å². The van der Waals surface area contributed by atoms with E-state index < -0.39 is 0 Å². The fourth-order valence-corrected chi connectivity index (χ4v) is 3.44. The summed E-state index contributed by atoms with van der Waals surface area (Å²) in [7, 11) is 3.35. The predicted octanol–water partition coefficient (Wildman–Crippen LogP) is 2.52. The number of carbonyl (C=O) groups excluding carboxylic acids is 1. The van der Waals surface area contributed by atoms with E-state index in [4.69, 9.17) is 9.15 Å². The molecule has 3 aromatic heterocycles. The van der Waals surface area contributed by atoms with Crippen LogP contribution >= 0.6 is 0 Å². The number of benzene rings is 1. The Morgan fingerprint density at radius 3 is 2.76 bits per heavy atom. The molecule has 0 atom stereocenters. The standard InChI is InChI=1S/C22H22N8O4/c1-30-11-24-20(29-30)13-4-3-5-15(19(13)33-2)25-16-8-17(26-21(32)12-6-7-12)23-9-14(16)22-28-27-18(10-31)34-22/h3-5,8-9,11-12,31H,6-7,10H2,1-2H3,(H2,23,25,26,32). The van der Waals surface area contributed by atoms with Crippen LogP contribution in [0.15, 0.2) is 41.2 Å². The summed E-state index contributed by atoms with van der Waals surface area (Å²) < 4.78 is 12.8. The molecule has 1 aromatic carbocycles. The summed E-state index contributed by atoms with van der Waals surface area (Å²) >= 11 is 0. The van der Waals surface area contributed by atoms with Crippen molar-refractivity contribution in [3.05, 3.63) is 42.7 Å². The van der Waals surface area contributed by atoms with E-state index in [2.05, 4.69) is 35.9 Å². The first-order valence-electron chi connectivity index (χ1n) is 10.6. The molecule has 12 heteroatoms. The third-order valence-electron chi connectivity index (χ3n) is 5.26. The van der Waals surface area contributed by atoms with Gasteiger partial charge in [0.15, 0.2) is 11.6 Å². The average molecular weight is 462 g/mol. The second-order valence-electron chi connectivity index (χ2n) is 7.79. The van der Waals surface area contributed by atoms with Crippen LogP contribution < -0.4 is 15.4 Å². The number of pyridine rings is 1. The van der Waals surface area contributed by atoms with Crippen molar-refractivity contribution in [1.29, 1.82) is 0 Å². The SMILES string of the molecule is COc1c(Nc2cc(NC(=O)C3CC3)ncc2-c2nnc(CO)o2)cccc1-c1ncn(C)n1. The van der Waals surface area contributed by atoms with Crippen LogP contribution in [0.5, 0.6) is 5.75 Å². The Morgan fingerprint density at radius 2 is 2.09 bits per heavy atom. The number of aliphatic hydroxyl groups excluding tert-OH is 1. The lowest BCUT2D eigenvalue weighted by atomic mass is 10.1. The molecule has 174 valence electrons. The molecule has 4 aromatic rings. The summed E-state index contributed by atoms with van der Waals surface area (Å²) in [4.78, 5) is 20.9. The molecule has 1 fully saturated rings. The van der Waals surface area contributed by atoms with Crippen LogP contribution in [0.2, 0.25) is 0 Å². The third kappa shape index (κ3) is 4.30. The molecule has 34 heavy (non-hydrogen) atoms. The van der Waals surface area contributed by atoms with Crippen LogP contribution in [-0.4, -0.2) is 48.1 Å². The van der Waals surface area contributed by atoms with E-state index in [9.17, 15) is 9.90 Å². The minimum Gasteiger partial charge on any atom is -0.494 e. The normalized spacial score (nSPS) is 13.0. The smallest absolute Gasteiger partial charge is 0.251 e. The molecule has 1 amide bonds. The van der Waals surface area contributed by atoms with E-state index in [1.54, 1.807) is 31.2 Å². The van der Waals surface area contributed by atoms with Crippen LogP contribution in [0.4, 0.5) is 17.2 Å². The lowest BCUT2D eigenvalue weighted by Gasteiger charge is -2.16. The quantitative estimate of drug-likeness (QED) is 0.356. The van der Waals surface area contributed by atoms with Gasteiger partial charge in [0, 0.05) is 25.2 Å². The molecule has 1 aliphatic rings. The van der Waals surface area contributed by atoms with E-state index >= 15 is 0 Å². The number of aliphatic hydroxyl groups is 1. The Labute approximate surface area is 194 Å². The Hall–Kier alpha value is -4.32. The minimum atomic E-state index is -0.383. The van der Waals surface area contributed by atoms with Gasteiger partial charge >= 0.3 is 0 Å². The van der Waals surface area contributed by atoms with E-state index in [1.165, 1.54) is 6.20 Å². The zero-order valence-corrected chi connectivity index (χ0v) is 18.5. The topological polar surface area (TPSA) is 153 Å². The molecule has 5 rings (SSSR count). The Kier molecular flexibility index (Phi) is 5.64. The highest BCUT2D eigenvalue weighted by Gasteiger charge is 2.30. The maximum Gasteiger partial charge on any atom is 0.251 e. The average Bonchev–Trinajstić information content (AvgIpc) is 3.44. The maximum atomic E-state index is 12.3. The molecular weight excluding hydrogens is 440 g/mol. The largest absolute Gasteiger partial charge is 0.494 e. The second-order valence-corrected chi connectivity index (χ2v) is 7.79. The summed E-state index contributed by atoms with van der Waals surface area (Å²) in [5.41, 5.74) is 2.35. The van der Waals surface area contributed by atoms with Gasteiger partial charge in [0.05, 0.1) is 29.6 Å². The number of para-hydroxylation sites is 1. The highest BCUT2D eigenvalue weighted by molar-refractivity contribution is 5.94. The van der Waals surface area contributed by atoms with Gasteiger partial charge in [-0.25, -0.2) is 9.97 Å². The summed E-state index contributed by atoms with van der Waals surface area (Å²) in [5, 5.41) is 27.7. The monoisotopic (exact) mass is 462 g/mol. The molecule has 3 heterocycles. The van der Waals surface area contributed by atoms with Crippen molar-refractivity contribution >= 4 is 23.1 Å². The van der Waals surface area contributed by atoms with E-state index in [0.717, 1.165) is 12.8 Å². The highest BCUT2D eigenvalue weighted by atomic mass is 16.5. The van der Waals surface area contributed by atoms with E-state index in [0.29, 0.717) is 39.9 Å².